The van der Waals surface area contributed by atoms with E-state index in [2.05, 4.69) is 15.6 Å². The van der Waals surface area contributed by atoms with E-state index in [-0.39, 0.29) is 17.3 Å². The van der Waals surface area contributed by atoms with Crippen LogP contribution in [-0.2, 0) is 6.54 Å². The third-order valence-electron chi connectivity index (χ3n) is 4.18. The van der Waals surface area contributed by atoms with Crippen LogP contribution in [0.1, 0.15) is 23.3 Å². The molecule has 0 spiro atoms. The number of aromatic nitrogens is 3. The molecule has 1 aromatic heterocycles. The van der Waals surface area contributed by atoms with Crippen LogP contribution in [-0.4, -0.2) is 50.1 Å². The van der Waals surface area contributed by atoms with Crippen LogP contribution in [0.3, 0.4) is 0 Å². The molecule has 3 rings (SSSR count). The molecule has 1 aliphatic heterocycles. The largest absolute Gasteiger partial charge is 0.476 e. The summed E-state index contributed by atoms with van der Waals surface area (Å²) in [7, 11) is 0. The number of halogens is 2. The molecule has 26 heavy (non-hydrogen) atoms. The van der Waals surface area contributed by atoms with Crippen LogP contribution >= 0.6 is 0 Å². The third kappa shape index (κ3) is 4.13. The average Bonchev–Trinajstić information content (AvgIpc) is 3.07. The summed E-state index contributed by atoms with van der Waals surface area (Å²) in [5.74, 6) is -3.07. The number of carbonyl (C=O) groups is 2. The zero-order valence-electron chi connectivity index (χ0n) is 13.7. The van der Waals surface area contributed by atoms with E-state index >= 15 is 0 Å². The first-order valence-corrected chi connectivity index (χ1v) is 8.07. The van der Waals surface area contributed by atoms with Crippen LogP contribution < -0.4 is 5.32 Å². The van der Waals surface area contributed by atoms with Crippen LogP contribution in [0.25, 0.3) is 0 Å². The van der Waals surface area contributed by atoms with Crippen LogP contribution in [0.2, 0.25) is 0 Å². The van der Waals surface area contributed by atoms with E-state index in [0.717, 1.165) is 25.0 Å². The summed E-state index contributed by atoms with van der Waals surface area (Å²) in [6.07, 6.45) is 2.98. The monoisotopic (exact) mass is 365 g/mol. The van der Waals surface area contributed by atoms with Gasteiger partial charge in [0.25, 0.3) is 0 Å². The van der Waals surface area contributed by atoms with E-state index in [9.17, 15) is 18.4 Å². The number of rotatable bonds is 4. The molecule has 0 saturated carbocycles. The minimum absolute atomic E-state index is 0.0859. The molecule has 2 amide bonds. The lowest BCUT2D eigenvalue weighted by Gasteiger charge is -2.32. The molecule has 2 aromatic rings. The van der Waals surface area contributed by atoms with Gasteiger partial charge in [-0.2, -0.15) is 0 Å². The summed E-state index contributed by atoms with van der Waals surface area (Å²) in [6.45, 7) is 1.43. The standard InChI is InChI=1S/C16H17F2N5O3/c17-12-4-3-11(6-13(12)18)19-16(26)22-5-1-2-10(7-22)8-23-9-14(15(24)25)20-21-23/h3-4,6,9-10H,1-2,5,7-8H2,(H,19,26)(H,24,25)/t10-/m0/s1. The first-order chi connectivity index (χ1) is 12.4. The number of piperidine rings is 1. The molecule has 1 saturated heterocycles. The lowest BCUT2D eigenvalue weighted by molar-refractivity contribution is 0.0690. The van der Waals surface area contributed by atoms with E-state index in [1.807, 2.05) is 0 Å². The Balaban J connectivity index is 1.59. The Bertz CT molecular complexity index is 826. The summed E-state index contributed by atoms with van der Waals surface area (Å²) in [4.78, 5) is 24.8. The normalized spacial score (nSPS) is 17.2. The number of urea groups is 1. The number of aromatic carboxylic acids is 1. The summed E-state index contributed by atoms with van der Waals surface area (Å²) < 4.78 is 27.6. The van der Waals surface area contributed by atoms with Gasteiger partial charge in [-0.05, 0) is 30.9 Å². The quantitative estimate of drug-likeness (QED) is 0.865. The van der Waals surface area contributed by atoms with Gasteiger partial charge in [-0.3, -0.25) is 4.68 Å². The maximum Gasteiger partial charge on any atom is 0.358 e. The highest BCUT2D eigenvalue weighted by molar-refractivity contribution is 5.89. The number of anilines is 1. The number of nitrogens with zero attached hydrogens (tertiary/aromatic N) is 4. The van der Waals surface area contributed by atoms with Crippen molar-refractivity contribution in [1.29, 1.82) is 0 Å². The van der Waals surface area contributed by atoms with Crippen molar-refractivity contribution in [2.24, 2.45) is 5.92 Å². The van der Waals surface area contributed by atoms with Gasteiger partial charge < -0.3 is 15.3 Å². The molecule has 1 aliphatic rings. The van der Waals surface area contributed by atoms with Crippen molar-refractivity contribution >= 4 is 17.7 Å². The van der Waals surface area contributed by atoms with E-state index in [0.29, 0.717) is 19.6 Å². The van der Waals surface area contributed by atoms with Crippen LogP contribution in [0.4, 0.5) is 19.3 Å². The van der Waals surface area contributed by atoms with Gasteiger partial charge in [-0.1, -0.05) is 5.21 Å². The van der Waals surface area contributed by atoms with Crippen molar-refractivity contribution in [3.8, 4) is 0 Å². The maximum absolute atomic E-state index is 13.2. The average molecular weight is 365 g/mol. The van der Waals surface area contributed by atoms with Gasteiger partial charge >= 0.3 is 12.0 Å². The molecule has 2 heterocycles. The van der Waals surface area contributed by atoms with Crippen molar-refractivity contribution in [2.45, 2.75) is 19.4 Å². The fraction of sp³-hybridized carbons (Fsp3) is 0.375. The summed E-state index contributed by atoms with van der Waals surface area (Å²) in [5, 5.41) is 18.8. The smallest absolute Gasteiger partial charge is 0.358 e. The van der Waals surface area contributed by atoms with Crippen molar-refractivity contribution in [2.75, 3.05) is 18.4 Å². The third-order valence-corrected chi connectivity index (χ3v) is 4.18. The molecule has 0 unspecified atom stereocenters. The molecular formula is C16H17F2N5O3. The van der Waals surface area contributed by atoms with Gasteiger partial charge in [0.2, 0.25) is 0 Å². The highest BCUT2D eigenvalue weighted by atomic mass is 19.2. The summed E-state index contributed by atoms with van der Waals surface area (Å²) in [6, 6.07) is 2.78. The van der Waals surface area contributed by atoms with Crippen LogP contribution in [0, 0.1) is 17.6 Å². The number of carboxylic acid groups (broad SMARTS) is 1. The first kappa shape index (κ1) is 17.8. The lowest BCUT2D eigenvalue weighted by atomic mass is 9.98. The fourth-order valence-corrected chi connectivity index (χ4v) is 2.93. The predicted molar refractivity (Wildman–Crippen MR) is 86.7 cm³/mol. The predicted octanol–water partition coefficient (Wildman–Crippen LogP) is 2.20. The van der Waals surface area contributed by atoms with Crippen molar-refractivity contribution < 1.29 is 23.5 Å². The van der Waals surface area contributed by atoms with E-state index in [1.54, 1.807) is 4.90 Å². The molecule has 0 aliphatic carbocycles. The maximum atomic E-state index is 13.2. The molecule has 0 bridgehead atoms. The second-order valence-corrected chi connectivity index (χ2v) is 6.14. The zero-order chi connectivity index (χ0) is 18.7. The molecule has 10 heteroatoms. The Morgan fingerprint density at radius 3 is 2.81 bits per heavy atom. The first-order valence-electron chi connectivity index (χ1n) is 8.07. The minimum Gasteiger partial charge on any atom is -0.476 e. The van der Waals surface area contributed by atoms with Gasteiger partial charge in [0.05, 0.1) is 6.20 Å². The molecule has 2 N–H and O–H groups in total. The Morgan fingerprint density at radius 1 is 1.31 bits per heavy atom. The molecule has 0 radical (unpaired) electrons. The van der Waals surface area contributed by atoms with Crippen molar-refractivity contribution in [3.05, 3.63) is 41.7 Å². The van der Waals surface area contributed by atoms with Gasteiger partial charge in [0, 0.05) is 31.4 Å². The highest BCUT2D eigenvalue weighted by Gasteiger charge is 2.25. The molecule has 1 atom stereocenters. The summed E-state index contributed by atoms with van der Waals surface area (Å²) in [5.41, 5.74) is 0.0483. The van der Waals surface area contributed by atoms with Crippen molar-refractivity contribution in [1.82, 2.24) is 19.9 Å². The van der Waals surface area contributed by atoms with Gasteiger partial charge in [0.1, 0.15) is 0 Å². The number of amides is 2. The number of hydrogen-bond donors (Lipinski definition) is 2. The van der Waals surface area contributed by atoms with Gasteiger partial charge in [-0.25, -0.2) is 18.4 Å². The van der Waals surface area contributed by atoms with E-state index in [4.69, 9.17) is 5.11 Å². The van der Waals surface area contributed by atoms with Crippen LogP contribution in [0.5, 0.6) is 0 Å². The summed E-state index contributed by atoms with van der Waals surface area (Å²) >= 11 is 0. The van der Waals surface area contributed by atoms with E-state index in [1.165, 1.54) is 16.9 Å². The number of hydrogen-bond acceptors (Lipinski definition) is 4. The molecule has 1 aromatic carbocycles. The number of carbonyl (C=O) groups excluding carboxylic acids is 1. The van der Waals surface area contributed by atoms with Gasteiger partial charge in [0.15, 0.2) is 17.3 Å². The molecular weight excluding hydrogens is 348 g/mol. The topological polar surface area (TPSA) is 100 Å². The zero-order valence-corrected chi connectivity index (χ0v) is 13.7. The molecule has 138 valence electrons. The SMILES string of the molecule is O=C(O)c1cn(C[C@H]2CCCN(C(=O)Nc3ccc(F)c(F)c3)C2)nn1. The Kier molecular flexibility index (Phi) is 5.10. The number of likely N-dealkylation sites (tertiary alicyclic amines) is 1. The van der Waals surface area contributed by atoms with Gasteiger partial charge in [-0.15, -0.1) is 5.10 Å². The number of benzene rings is 1. The van der Waals surface area contributed by atoms with Crippen LogP contribution in [0.15, 0.2) is 24.4 Å². The van der Waals surface area contributed by atoms with Crippen molar-refractivity contribution in [3.63, 3.8) is 0 Å². The lowest BCUT2D eigenvalue weighted by Crippen LogP contribution is -2.43. The second kappa shape index (κ2) is 7.46. The molecule has 1 fully saturated rings. The highest BCUT2D eigenvalue weighted by Crippen LogP contribution is 2.20. The Hall–Kier alpha value is -3.04. The second-order valence-electron chi connectivity index (χ2n) is 6.14. The Morgan fingerprint density at radius 2 is 2.12 bits per heavy atom. The fourth-order valence-electron chi connectivity index (χ4n) is 2.93. The minimum atomic E-state index is -1.15. The van der Waals surface area contributed by atoms with E-state index < -0.39 is 23.6 Å². The number of nitrogens with one attached hydrogen (secondary N) is 1. The number of carboxylic acids is 1. The Labute approximate surface area is 147 Å². The molecule has 8 nitrogen and oxygen atoms in total.